The van der Waals surface area contributed by atoms with Crippen LogP contribution in [0.25, 0.3) is 0 Å². The number of piperazine rings is 1. The summed E-state index contributed by atoms with van der Waals surface area (Å²) in [6, 6.07) is 9.66. The minimum Gasteiger partial charge on any atom is -0.480 e. The number of carbonyl (C=O) groups is 2. The fraction of sp³-hybridized carbons (Fsp3) is 0.455. The highest BCUT2D eigenvalue weighted by Gasteiger charge is 2.38. The summed E-state index contributed by atoms with van der Waals surface area (Å²) in [4.78, 5) is 31.4. The normalized spacial score (nSPS) is 19.4. The van der Waals surface area contributed by atoms with Crippen LogP contribution in [-0.2, 0) is 9.59 Å². The average Bonchev–Trinajstić information content (AvgIpc) is 3.17. The molecule has 30 heavy (non-hydrogen) atoms. The van der Waals surface area contributed by atoms with E-state index in [2.05, 4.69) is 22.0 Å². The largest absolute Gasteiger partial charge is 0.480 e. The van der Waals surface area contributed by atoms with Gasteiger partial charge in [-0.25, -0.2) is 0 Å². The lowest BCUT2D eigenvalue weighted by Gasteiger charge is -2.36. The van der Waals surface area contributed by atoms with Crippen molar-refractivity contribution in [3.8, 4) is 5.88 Å². The number of methoxy groups -OCH3 is 1. The van der Waals surface area contributed by atoms with Gasteiger partial charge >= 0.3 is 0 Å². The summed E-state index contributed by atoms with van der Waals surface area (Å²) in [6.45, 7) is 7.14. The van der Waals surface area contributed by atoms with E-state index in [0.717, 1.165) is 17.1 Å². The van der Waals surface area contributed by atoms with Crippen LogP contribution >= 0.6 is 0 Å². The van der Waals surface area contributed by atoms with Crippen molar-refractivity contribution in [1.82, 2.24) is 15.1 Å². The van der Waals surface area contributed by atoms with Crippen LogP contribution < -0.4 is 14.5 Å². The molecule has 4 rings (SSSR count). The Hall–Kier alpha value is -3.16. The van der Waals surface area contributed by atoms with Crippen molar-refractivity contribution < 1.29 is 14.3 Å². The number of aryl methyl sites for hydroxylation is 2. The summed E-state index contributed by atoms with van der Waals surface area (Å²) in [5, 5.41) is 8.19. The molecule has 1 aromatic carbocycles. The van der Waals surface area contributed by atoms with Crippen LogP contribution in [0, 0.1) is 19.8 Å². The number of hydrogen-bond acceptors (Lipinski definition) is 6. The number of anilines is 2. The topological polar surface area (TPSA) is 78.9 Å². The van der Waals surface area contributed by atoms with Gasteiger partial charge in [0.05, 0.1) is 13.0 Å². The molecule has 2 fully saturated rings. The fourth-order valence-electron chi connectivity index (χ4n) is 4.02. The van der Waals surface area contributed by atoms with Crippen molar-refractivity contribution in [3.63, 3.8) is 0 Å². The molecule has 8 heteroatoms. The molecule has 0 aliphatic carbocycles. The fourth-order valence-corrected chi connectivity index (χ4v) is 4.02. The van der Waals surface area contributed by atoms with Gasteiger partial charge in [-0.3, -0.25) is 9.59 Å². The highest BCUT2D eigenvalue weighted by atomic mass is 16.5. The Bertz CT molecular complexity index is 938. The third-order valence-electron chi connectivity index (χ3n) is 6.03. The molecule has 0 radical (unpaired) electrons. The Morgan fingerprint density at radius 2 is 1.80 bits per heavy atom. The second-order valence-electron chi connectivity index (χ2n) is 7.92. The molecular formula is C22H27N5O3. The van der Waals surface area contributed by atoms with Gasteiger partial charge in [0.25, 0.3) is 0 Å². The molecule has 2 aliphatic rings. The monoisotopic (exact) mass is 409 g/mol. The van der Waals surface area contributed by atoms with E-state index in [1.165, 1.54) is 5.56 Å². The van der Waals surface area contributed by atoms with Gasteiger partial charge in [-0.1, -0.05) is 6.07 Å². The molecular weight excluding hydrogens is 382 g/mol. The molecule has 158 valence electrons. The van der Waals surface area contributed by atoms with Gasteiger partial charge in [0.1, 0.15) is 0 Å². The van der Waals surface area contributed by atoms with E-state index in [0.29, 0.717) is 38.6 Å². The first-order valence-electron chi connectivity index (χ1n) is 10.3. The van der Waals surface area contributed by atoms with Gasteiger partial charge in [-0.15, -0.1) is 10.2 Å². The Morgan fingerprint density at radius 3 is 2.43 bits per heavy atom. The molecule has 2 aromatic rings. The van der Waals surface area contributed by atoms with Crippen LogP contribution in [0.1, 0.15) is 17.5 Å². The predicted molar refractivity (Wildman–Crippen MR) is 114 cm³/mol. The van der Waals surface area contributed by atoms with Gasteiger partial charge in [-0.05, 0) is 43.2 Å². The van der Waals surface area contributed by atoms with Crippen molar-refractivity contribution in [3.05, 3.63) is 41.5 Å². The smallest absolute Gasteiger partial charge is 0.233 e. The first-order valence-corrected chi connectivity index (χ1v) is 10.3. The number of nitrogens with zero attached hydrogens (tertiary/aromatic N) is 5. The molecule has 1 unspecified atom stereocenters. The molecule has 0 bridgehead atoms. The molecule has 0 N–H and O–H groups in total. The van der Waals surface area contributed by atoms with Crippen molar-refractivity contribution in [2.24, 2.45) is 5.92 Å². The number of benzene rings is 1. The third-order valence-corrected chi connectivity index (χ3v) is 6.03. The zero-order chi connectivity index (χ0) is 21.3. The SMILES string of the molecule is COc1ccc(N2CCN(C(=O)C3CC(=O)N(c4ccc(C)c(C)c4)C3)CC2)nn1. The summed E-state index contributed by atoms with van der Waals surface area (Å²) in [7, 11) is 1.56. The van der Waals surface area contributed by atoms with Crippen molar-refractivity contribution in [2.45, 2.75) is 20.3 Å². The van der Waals surface area contributed by atoms with Crippen molar-refractivity contribution >= 4 is 23.3 Å². The average molecular weight is 409 g/mol. The minimum atomic E-state index is -0.286. The second-order valence-corrected chi connectivity index (χ2v) is 7.92. The van der Waals surface area contributed by atoms with E-state index >= 15 is 0 Å². The van der Waals surface area contributed by atoms with E-state index in [1.807, 2.05) is 36.1 Å². The summed E-state index contributed by atoms with van der Waals surface area (Å²) in [6.07, 6.45) is 0.274. The van der Waals surface area contributed by atoms with E-state index in [1.54, 1.807) is 18.1 Å². The number of ether oxygens (including phenoxy) is 1. The Kier molecular flexibility index (Phi) is 5.57. The lowest BCUT2D eigenvalue weighted by atomic mass is 10.1. The highest BCUT2D eigenvalue weighted by molar-refractivity contribution is 6.00. The number of rotatable bonds is 4. The van der Waals surface area contributed by atoms with Crippen LogP contribution in [0.2, 0.25) is 0 Å². The van der Waals surface area contributed by atoms with Crippen LogP contribution in [0.4, 0.5) is 11.5 Å². The van der Waals surface area contributed by atoms with E-state index in [4.69, 9.17) is 4.74 Å². The van der Waals surface area contributed by atoms with Crippen LogP contribution in [0.3, 0.4) is 0 Å². The quantitative estimate of drug-likeness (QED) is 0.766. The minimum absolute atomic E-state index is 0.0174. The van der Waals surface area contributed by atoms with Gasteiger partial charge in [0, 0.05) is 50.9 Å². The Balaban J connectivity index is 1.36. The van der Waals surface area contributed by atoms with Crippen LogP contribution in [-0.4, -0.2) is 66.7 Å². The Labute approximate surface area is 176 Å². The molecule has 1 atom stereocenters. The van der Waals surface area contributed by atoms with Crippen LogP contribution in [0.5, 0.6) is 5.88 Å². The van der Waals surface area contributed by atoms with Gasteiger partial charge in [0.2, 0.25) is 17.7 Å². The maximum Gasteiger partial charge on any atom is 0.233 e. The lowest BCUT2D eigenvalue weighted by molar-refractivity contribution is -0.136. The van der Waals surface area contributed by atoms with Gasteiger partial charge in [-0.2, -0.15) is 0 Å². The number of carbonyl (C=O) groups excluding carboxylic acids is 2. The number of aromatic nitrogens is 2. The maximum atomic E-state index is 13.1. The summed E-state index contributed by atoms with van der Waals surface area (Å²) < 4.78 is 5.05. The second kappa shape index (κ2) is 8.30. The third kappa shape index (κ3) is 3.94. The van der Waals surface area contributed by atoms with E-state index < -0.39 is 0 Å². The van der Waals surface area contributed by atoms with Crippen LogP contribution in [0.15, 0.2) is 30.3 Å². The lowest BCUT2D eigenvalue weighted by Crippen LogP contribution is -2.51. The molecule has 0 saturated carbocycles. The standard InChI is InChI=1S/C22H27N5O3/c1-15-4-5-18(12-16(15)2)27-14-17(13-21(27)28)22(29)26-10-8-25(9-11-26)19-6-7-20(30-3)24-23-19/h4-7,12,17H,8-11,13-14H2,1-3H3. The highest BCUT2D eigenvalue weighted by Crippen LogP contribution is 2.28. The van der Waals surface area contributed by atoms with Gasteiger partial charge in [0.15, 0.2) is 5.82 Å². The first-order chi connectivity index (χ1) is 14.5. The zero-order valence-corrected chi connectivity index (χ0v) is 17.7. The molecule has 1 aromatic heterocycles. The molecule has 2 amide bonds. The first kappa shape index (κ1) is 20.1. The molecule has 3 heterocycles. The van der Waals surface area contributed by atoms with E-state index in [9.17, 15) is 9.59 Å². The maximum absolute atomic E-state index is 13.1. The van der Waals surface area contributed by atoms with Crippen molar-refractivity contribution in [2.75, 3.05) is 49.6 Å². The van der Waals surface area contributed by atoms with E-state index in [-0.39, 0.29) is 24.2 Å². The predicted octanol–water partition coefficient (Wildman–Crippen LogP) is 1.80. The van der Waals surface area contributed by atoms with Gasteiger partial charge < -0.3 is 19.4 Å². The summed E-state index contributed by atoms with van der Waals surface area (Å²) in [5.41, 5.74) is 3.21. The summed E-state index contributed by atoms with van der Waals surface area (Å²) in [5.74, 6) is 1.05. The molecule has 8 nitrogen and oxygen atoms in total. The molecule has 2 saturated heterocycles. The zero-order valence-electron chi connectivity index (χ0n) is 17.7. The number of amides is 2. The number of hydrogen-bond donors (Lipinski definition) is 0. The van der Waals surface area contributed by atoms with Crippen molar-refractivity contribution in [1.29, 1.82) is 0 Å². The Morgan fingerprint density at radius 1 is 1.03 bits per heavy atom. The molecule has 2 aliphatic heterocycles. The summed E-state index contributed by atoms with van der Waals surface area (Å²) >= 11 is 0. The molecule has 0 spiro atoms.